The molecule has 0 aliphatic carbocycles. The van der Waals surface area contributed by atoms with E-state index in [4.69, 9.17) is 0 Å². The molecule has 21 heavy (non-hydrogen) atoms. The van der Waals surface area contributed by atoms with Gasteiger partial charge in [0.05, 0.1) is 0 Å². The number of nitrogens with zero attached hydrogens (tertiary/aromatic N) is 2. The highest BCUT2D eigenvalue weighted by atomic mass is 32.2. The zero-order valence-corrected chi connectivity index (χ0v) is 13.4. The molecule has 0 radical (unpaired) electrons. The third-order valence-corrected chi connectivity index (χ3v) is 3.72. The quantitative estimate of drug-likeness (QED) is 0.784. The molecule has 5 heteroatoms. The van der Waals surface area contributed by atoms with Gasteiger partial charge in [-0.2, -0.15) is 0 Å². The van der Waals surface area contributed by atoms with Gasteiger partial charge in [0, 0.05) is 23.4 Å². The Balaban J connectivity index is 2.26. The number of hydrogen-bond acceptors (Lipinski definition) is 4. The smallest absolute Gasteiger partial charge is 0.134 e. The lowest BCUT2D eigenvalue weighted by Crippen LogP contribution is -2.06. The van der Waals surface area contributed by atoms with Crippen molar-refractivity contribution in [2.24, 2.45) is 0 Å². The van der Waals surface area contributed by atoms with E-state index in [1.807, 2.05) is 12.1 Å². The molecule has 1 aromatic carbocycles. The average molecular weight is 305 g/mol. The first kappa shape index (κ1) is 15.8. The van der Waals surface area contributed by atoms with Crippen molar-refractivity contribution in [3.8, 4) is 0 Å². The second-order valence-electron chi connectivity index (χ2n) is 5.09. The second kappa shape index (κ2) is 7.41. The number of nitrogens with one attached hydrogen (secondary N) is 1. The summed E-state index contributed by atoms with van der Waals surface area (Å²) in [6, 6.07) is 8.46. The molecule has 0 fully saturated rings. The summed E-state index contributed by atoms with van der Waals surface area (Å²) in [7, 11) is 0. The van der Waals surface area contributed by atoms with E-state index in [1.165, 1.54) is 23.9 Å². The predicted octanol–water partition coefficient (Wildman–Crippen LogP) is 4.71. The molecule has 1 heterocycles. The van der Waals surface area contributed by atoms with Gasteiger partial charge in [-0.15, -0.1) is 0 Å². The Labute approximate surface area is 129 Å². The third kappa shape index (κ3) is 4.70. The van der Waals surface area contributed by atoms with E-state index < -0.39 is 0 Å². The molecule has 3 nitrogen and oxygen atoms in total. The summed E-state index contributed by atoms with van der Waals surface area (Å²) in [6.07, 6.45) is 1.04. The minimum atomic E-state index is -0.234. The average Bonchev–Trinajstić information content (AvgIpc) is 2.45. The fraction of sp³-hybridized carbons (Fsp3) is 0.375. The fourth-order valence-electron chi connectivity index (χ4n) is 1.75. The van der Waals surface area contributed by atoms with E-state index >= 15 is 0 Å². The van der Waals surface area contributed by atoms with Gasteiger partial charge in [-0.1, -0.05) is 38.6 Å². The molecule has 112 valence electrons. The highest BCUT2D eigenvalue weighted by Crippen LogP contribution is 2.29. The number of hydrogen-bond donors (Lipinski definition) is 1. The number of halogens is 1. The van der Waals surface area contributed by atoms with Crippen molar-refractivity contribution >= 4 is 17.6 Å². The fourth-order valence-corrected chi connectivity index (χ4v) is 2.62. The van der Waals surface area contributed by atoms with E-state index in [9.17, 15) is 4.39 Å². The maximum absolute atomic E-state index is 13.3. The summed E-state index contributed by atoms with van der Waals surface area (Å²) in [5, 5.41) is 4.12. The van der Waals surface area contributed by atoms with E-state index in [1.54, 1.807) is 6.07 Å². The number of benzene rings is 1. The normalized spacial score (nSPS) is 10.9. The van der Waals surface area contributed by atoms with Gasteiger partial charge < -0.3 is 5.32 Å². The maximum atomic E-state index is 13.3. The van der Waals surface area contributed by atoms with Gasteiger partial charge in [0.1, 0.15) is 22.5 Å². The summed E-state index contributed by atoms with van der Waals surface area (Å²) >= 11 is 1.45. The largest absolute Gasteiger partial charge is 0.370 e. The lowest BCUT2D eigenvalue weighted by molar-refractivity contribution is 0.624. The van der Waals surface area contributed by atoms with Crippen molar-refractivity contribution in [2.45, 2.75) is 43.0 Å². The van der Waals surface area contributed by atoms with Gasteiger partial charge >= 0.3 is 0 Å². The molecule has 0 bridgehead atoms. The van der Waals surface area contributed by atoms with Gasteiger partial charge in [0.2, 0.25) is 0 Å². The van der Waals surface area contributed by atoms with E-state index in [0.29, 0.717) is 0 Å². The zero-order valence-electron chi connectivity index (χ0n) is 12.6. The van der Waals surface area contributed by atoms with Crippen molar-refractivity contribution in [2.75, 3.05) is 11.9 Å². The van der Waals surface area contributed by atoms with Crippen molar-refractivity contribution in [1.29, 1.82) is 0 Å². The standard InChI is InChI=1S/C16H20FN3S/c1-4-8-18-14-10-15(20-16(19-14)11(2)3)21-13-7-5-6-12(17)9-13/h5-7,9-11H,4,8H2,1-3H3,(H,18,19,20). The van der Waals surface area contributed by atoms with E-state index in [2.05, 4.69) is 36.1 Å². The summed E-state index contributed by atoms with van der Waals surface area (Å²) in [6.45, 7) is 7.11. The molecule has 0 amide bonds. The highest BCUT2D eigenvalue weighted by molar-refractivity contribution is 7.99. The molecular weight excluding hydrogens is 285 g/mol. The molecule has 1 aromatic heterocycles. The van der Waals surface area contributed by atoms with Crippen LogP contribution < -0.4 is 5.32 Å². The lowest BCUT2D eigenvalue weighted by atomic mass is 10.2. The van der Waals surface area contributed by atoms with Crippen molar-refractivity contribution < 1.29 is 4.39 Å². The third-order valence-electron chi connectivity index (χ3n) is 2.81. The number of anilines is 1. The van der Waals surface area contributed by atoms with Gasteiger partial charge in [-0.05, 0) is 24.6 Å². The first-order valence-corrected chi connectivity index (χ1v) is 7.96. The van der Waals surface area contributed by atoms with Gasteiger partial charge in [-0.3, -0.25) is 0 Å². The molecule has 0 unspecified atom stereocenters. The minimum absolute atomic E-state index is 0.234. The van der Waals surface area contributed by atoms with Crippen LogP contribution in [0.3, 0.4) is 0 Å². The molecule has 2 rings (SSSR count). The Hall–Kier alpha value is -1.62. The minimum Gasteiger partial charge on any atom is -0.370 e. The van der Waals surface area contributed by atoms with Crippen LogP contribution in [0.4, 0.5) is 10.2 Å². The maximum Gasteiger partial charge on any atom is 0.134 e. The first-order valence-electron chi connectivity index (χ1n) is 7.14. The van der Waals surface area contributed by atoms with Gasteiger partial charge in [-0.25, -0.2) is 14.4 Å². The molecule has 2 aromatic rings. The van der Waals surface area contributed by atoms with E-state index in [0.717, 1.165) is 34.5 Å². The zero-order chi connectivity index (χ0) is 15.2. The van der Waals surface area contributed by atoms with Crippen molar-refractivity contribution in [1.82, 2.24) is 9.97 Å². The summed E-state index contributed by atoms with van der Waals surface area (Å²) in [4.78, 5) is 9.91. The SMILES string of the molecule is CCCNc1cc(Sc2cccc(F)c2)nc(C(C)C)n1. The van der Waals surface area contributed by atoms with Crippen LogP contribution >= 0.6 is 11.8 Å². The first-order chi connectivity index (χ1) is 10.1. The topological polar surface area (TPSA) is 37.8 Å². The van der Waals surface area contributed by atoms with Crippen LogP contribution in [0.15, 0.2) is 40.3 Å². The molecule has 0 saturated heterocycles. The Morgan fingerprint density at radius 1 is 1.24 bits per heavy atom. The number of aromatic nitrogens is 2. The Bertz CT molecular complexity index is 602. The highest BCUT2D eigenvalue weighted by Gasteiger charge is 2.09. The van der Waals surface area contributed by atoms with Crippen LogP contribution in [0, 0.1) is 5.82 Å². The van der Waals surface area contributed by atoms with Gasteiger partial charge in [0.15, 0.2) is 0 Å². The molecule has 0 aliphatic rings. The Morgan fingerprint density at radius 2 is 2.05 bits per heavy atom. The monoisotopic (exact) mass is 305 g/mol. The summed E-state index contributed by atoms with van der Waals surface area (Å²) in [5.74, 6) is 1.65. The Kier molecular flexibility index (Phi) is 5.56. The molecule has 1 N–H and O–H groups in total. The second-order valence-corrected chi connectivity index (χ2v) is 6.18. The summed E-state index contributed by atoms with van der Waals surface area (Å²) < 4.78 is 13.3. The van der Waals surface area contributed by atoms with Crippen LogP contribution in [0.1, 0.15) is 38.9 Å². The van der Waals surface area contributed by atoms with Crippen molar-refractivity contribution in [3.63, 3.8) is 0 Å². The molecule has 0 spiro atoms. The van der Waals surface area contributed by atoms with Crippen LogP contribution in [-0.4, -0.2) is 16.5 Å². The molecule has 0 saturated carbocycles. The lowest BCUT2D eigenvalue weighted by Gasteiger charge is -2.11. The summed E-state index contributed by atoms with van der Waals surface area (Å²) in [5.41, 5.74) is 0. The van der Waals surface area contributed by atoms with Gasteiger partial charge in [0.25, 0.3) is 0 Å². The van der Waals surface area contributed by atoms with Crippen molar-refractivity contribution in [3.05, 3.63) is 42.0 Å². The number of rotatable bonds is 6. The predicted molar refractivity (Wildman–Crippen MR) is 85.4 cm³/mol. The molecular formula is C16H20FN3S. The van der Waals surface area contributed by atoms with Crippen LogP contribution in [-0.2, 0) is 0 Å². The van der Waals surface area contributed by atoms with Crippen LogP contribution in [0.25, 0.3) is 0 Å². The van der Waals surface area contributed by atoms with Crippen LogP contribution in [0.2, 0.25) is 0 Å². The molecule has 0 atom stereocenters. The Morgan fingerprint density at radius 3 is 2.71 bits per heavy atom. The van der Waals surface area contributed by atoms with E-state index in [-0.39, 0.29) is 11.7 Å². The van der Waals surface area contributed by atoms with Crippen LogP contribution in [0.5, 0.6) is 0 Å². The molecule has 0 aliphatic heterocycles.